The van der Waals surface area contributed by atoms with Crippen LogP contribution in [0.3, 0.4) is 0 Å². The van der Waals surface area contributed by atoms with Crippen molar-refractivity contribution < 1.29 is 9.84 Å². The Morgan fingerprint density at radius 3 is 2.74 bits per heavy atom. The van der Waals surface area contributed by atoms with Gasteiger partial charge in [0.05, 0.1) is 23.5 Å². The zero-order valence-corrected chi connectivity index (χ0v) is 12.9. The summed E-state index contributed by atoms with van der Waals surface area (Å²) in [6, 6.07) is 0. The van der Waals surface area contributed by atoms with Crippen molar-refractivity contribution in [3.8, 4) is 0 Å². The summed E-state index contributed by atoms with van der Waals surface area (Å²) in [5, 5.41) is 15.8. The molecule has 1 aliphatic rings. The molecule has 1 aromatic rings. The van der Waals surface area contributed by atoms with Crippen LogP contribution in [0.25, 0.3) is 0 Å². The minimum Gasteiger partial charge on any atom is -0.389 e. The molecular weight excluding hydrogens is 264 g/mol. The molecule has 1 aliphatic heterocycles. The summed E-state index contributed by atoms with van der Waals surface area (Å²) < 4.78 is 7.46. The third-order valence-corrected chi connectivity index (χ3v) is 4.72. The maximum Gasteiger partial charge on any atom is 0.130 e. The molecule has 1 saturated heterocycles. The molecule has 0 saturated carbocycles. The molecular formula is C14H23ClN2O2. The molecule has 2 rings (SSSR count). The number of hydrogen-bond acceptors (Lipinski definition) is 3. The summed E-state index contributed by atoms with van der Waals surface area (Å²) >= 11 is 6.26. The highest BCUT2D eigenvalue weighted by Gasteiger charge is 2.41. The first-order valence-electron chi connectivity index (χ1n) is 6.83. The van der Waals surface area contributed by atoms with Gasteiger partial charge in [-0.25, -0.2) is 0 Å². The minimum absolute atomic E-state index is 0.240. The van der Waals surface area contributed by atoms with Crippen molar-refractivity contribution in [3.05, 3.63) is 16.4 Å². The van der Waals surface area contributed by atoms with E-state index in [2.05, 4.69) is 18.9 Å². The summed E-state index contributed by atoms with van der Waals surface area (Å²) in [4.78, 5) is 0. The van der Waals surface area contributed by atoms with Crippen molar-refractivity contribution in [1.82, 2.24) is 9.78 Å². The second-order valence-electron chi connectivity index (χ2n) is 5.96. The number of halogens is 1. The number of aromatic nitrogens is 2. The van der Waals surface area contributed by atoms with E-state index in [1.165, 1.54) is 0 Å². The number of ether oxygens (including phenoxy) is 1. The van der Waals surface area contributed by atoms with E-state index in [0.29, 0.717) is 31.0 Å². The van der Waals surface area contributed by atoms with Gasteiger partial charge in [0.25, 0.3) is 0 Å². The first kappa shape index (κ1) is 14.8. The molecule has 0 aliphatic carbocycles. The maximum atomic E-state index is 10.9. The van der Waals surface area contributed by atoms with Gasteiger partial charge in [0.2, 0.25) is 0 Å². The smallest absolute Gasteiger partial charge is 0.130 e. The van der Waals surface area contributed by atoms with Crippen LogP contribution in [0.1, 0.15) is 44.4 Å². The zero-order chi connectivity index (χ0) is 14.3. The summed E-state index contributed by atoms with van der Waals surface area (Å²) in [7, 11) is 1.82. The quantitative estimate of drug-likeness (QED) is 0.929. The molecule has 19 heavy (non-hydrogen) atoms. The lowest BCUT2D eigenvalue weighted by Gasteiger charge is -2.43. The van der Waals surface area contributed by atoms with Gasteiger partial charge >= 0.3 is 0 Å². The Hall–Kier alpha value is -0.580. The molecule has 1 fully saturated rings. The Labute approximate surface area is 119 Å². The molecule has 0 spiro atoms. The van der Waals surface area contributed by atoms with Crippen LogP contribution in [0.15, 0.2) is 0 Å². The molecule has 1 aromatic heterocycles. The largest absolute Gasteiger partial charge is 0.389 e. The first-order chi connectivity index (χ1) is 8.79. The second kappa shape index (κ2) is 5.08. The summed E-state index contributed by atoms with van der Waals surface area (Å²) in [6.45, 7) is 6.68. The third-order valence-electron chi connectivity index (χ3n) is 4.24. The lowest BCUT2D eigenvalue weighted by molar-refractivity contribution is -0.152. The lowest BCUT2D eigenvalue weighted by Crippen LogP contribution is -2.48. The van der Waals surface area contributed by atoms with Crippen LogP contribution in [0.5, 0.6) is 0 Å². The summed E-state index contributed by atoms with van der Waals surface area (Å²) in [6.07, 6.45) is 2.73. The van der Waals surface area contributed by atoms with Crippen LogP contribution >= 0.6 is 11.6 Å². The molecule has 5 heteroatoms. The molecule has 2 unspecified atom stereocenters. The molecule has 108 valence electrons. The molecule has 4 nitrogen and oxygen atoms in total. The van der Waals surface area contributed by atoms with Gasteiger partial charge in [-0.1, -0.05) is 18.5 Å². The number of rotatable bonds is 3. The highest BCUT2D eigenvalue weighted by Crippen LogP contribution is 2.38. The highest BCUT2D eigenvalue weighted by molar-refractivity contribution is 6.30. The van der Waals surface area contributed by atoms with Crippen LogP contribution in [-0.4, -0.2) is 32.7 Å². The third kappa shape index (κ3) is 2.96. The van der Waals surface area contributed by atoms with Gasteiger partial charge in [-0.2, -0.15) is 5.10 Å². The summed E-state index contributed by atoms with van der Waals surface area (Å²) in [5.41, 5.74) is 0.855. The maximum absolute atomic E-state index is 10.9. The molecule has 0 bridgehead atoms. The van der Waals surface area contributed by atoms with Crippen LogP contribution in [0.4, 0.5) is 0 Å². The fourth-order valence-corrected chi connectivity index (χ4v) is 3.15. The van der Waals surface area contributed by atoms with Gasteiger partial charge in [-0.05, 0) is 26.7 Å². The zero-order valence-electron chi connectivity index (χ0n) is 12.2. The van der Waals surface area contributed by atoms with E-state index in [1.807, 2.05) is 14.0 Å². The fourth-order valence-electron chi connectivity index (χ4n) is 2.90. The molecule has 2 atom stereocenters. The van der Waals surface area contributed by atoms with Crippen molar-refractivity contribution in [1.29, 1.82) is 0 Å². The fraction of sp³-hybridized carbons (Fsp3) is 0.786. The van der Waals surface area contributed by atoms with E-state index in [4.69, 9.17) is 16.3 Å². The van der Waals surface area contributed by atoms with Gasteiger partial charge in [-0.15, -0.1) is 0 Å². The Morgan fingerprint density at radius 2 is 2.21 bits per heavy atom. The highest BCUT2D eigenvalue weighted by atomic mass is 35.5. The molecule has 0 aromatic carbocycles. The summed E-state index contributed by atoms with van der Waals surface area (Å²) in [5.74, 6) is 0. The predicted octanol–water partition coefficient (Wildman–Crippen LogP) is 2.63. The number of aryl methyl sites for hydroxylation is 2. The second-order valence-corrected chi connectivity index (χ2v) is 6.32. The topological polar surface area (TPSA) is 47.3 Å². The van der Waals surface area contributed by atoms with Crippen LogP contribution in [0, 0.1) is 6.92 Å². The van der Waals surface area contributed by atoms with Gasteiger partial charge in [0, 0.05) is 25.5 Å². The number of hydrogen-bond donors (Lipinski definition) is 1. The first-order valence-corrected chi connectivity index (χ1v) is 7.21. The van der Waals surface area contributed by atoms with Crippen LogP contribution < -0.4 is 0 Å². The van der Waals surface area contributed by atoms with Crippen molar-refractivity contribution in [2.75, 3.05) is 6.61 Å². The number of nitrogens with zero attached hydrogens (tertiary/aromatic N) is 2. The van der Waals surface area contributed by atoms with Gasteiger partial charge in [-0.3, -0.25) is 4.68 Å². The SMILES string of the molecule is CCC1(C)CC(O)(Cc2c(C)nn(C)c2Cl)CCO1. The van der Waals surface area contributed by atoms with Crippen molar-refractivity contribution in [2.45, 2.75) is 57.7 Å². The van der Waals surface area contributed by atoms with E-state index in [-0.39, 0.29) is 5.60 Å². The van der Waals surface area contributed by atoms with Gasteiger partial charge in [0.15, 0.2) is 0 Å². The van der Waals surface area contributed by atoms with Crippen molar-refractivity contribution in [3.63, 3.8) is 0 Å². The Bertz CT molecular complexity index is 474. The standard InChI is InChI=1S/C14H23ClN2O2/c1-5-13(3)9-14(18,6-7-19-13)8-11-10(2)16-17(4)12(11)15/h18H,5-9H2,1-4H3. The average Bonchev–Trinajstić information content (AvgIpc) is 2.56. The Morgan fingerprint density at radius 1 is 1.53 bits per heavy atom. The van der Waals surface area contributed by atoms with Crippen LogP contribution in [0.2, 0.25) is 5.15 Å². The van der Waals surface area contributed by atoms with Crippen molar-refractivity contribution >= 4 is 11.6 Å². The molecule has 0 amide bonds. The Kier molecular flexibility index (Phi) is 3.96. The van der Waals surface area contributed by atoms with Crippen LogP contribution in [-0.2, 0) is 18.2 Å². The molecule has 0 radical (unpaired) electrons. The van der Waals surface area contributed by atoms with Gasteiger partial charge < -0.3 is 9.84 Å². The minimum atomic E-state index is -0.750. The lowest BCUT2D eigenvalue weighted by atomic mass is 9.78. The van der Waals surface area contributed by atoms with Gasteiger partial charge in [0.1, 0.15) is 5.15 Å². The van der Waals surface area contributed by atoms with E-state index >= 15 is 0 Å². The van der Waals surface area contributed by atoms with E-state index < -0.39 is 5.60 Å². The Balaban J connectivity index is 2.21. The molecule has 2 heterocycles. The van der Waals surface area contributed by atoms with E-state index in [0.717, 1.165) is 17.7 Å². The van der Waals surface area contributed by atoms with E-state index in [1.54, 1.807) is 4.68 Å². The van der Waals surface area contributed by atoms with E-state index in [9.17, 15) is 5.11 Å². The number of aliphatic hydroxyl groups is 1. The monoisotopic (exact) mass is 286 g/mol. The normalized spacial score (nSPS) is 31.7. The average molecular weight is 287 g/mol. The predicted molar refractivity (Wildman–Crippen MR) is 75.5 cm³/mol. The molecule has 1 N–H and O–H groups in total. The van der Waals surface area contributed by atoms with Crippen molar-refractivity contribution in [2.24, 2.45) is 7.05 Å².